The van der Waals surface area contributed by atoms with Crippen molar-refractivity contribution in [3.05, 3.63) is 85.7 Å². The first kappa shape index (κ1) is 14.9. The highest BCUT2D eigenvalue weighted by molar-refractivity contribution is 5.71. The van der Waals surface area contributed by atoms with Gasteiger partial charge in [0.05, 0.1) is 0 Å². The molecule has 2 unspecified atom stereocenters. The number of nitrogens with zero attached hydrogens (tertiary/aromatic N) is 1. The van der Waals surface area contributed by atoms with E-state index in [0.29, 0.717) is 0 Å². The molecular weight excluding hydrogens is 230 g/mol. The molecule has 1 aliphatic rings. The summed E-state index contributed by atoms with van der Waals surface area (Å²) in [6, 6.07) is 0. The van der Waals surface area contributed by atoms with Crippen molar-refractivity contribution in [2.24, 2.45) is 16.8 Å². The molecule has 0 saturated carbocycles. The van der Waals surface area contributed by atoms with E-state index in [1.165, 1.54) is 5.57 Å². The van der Waals surface area contributed by atoms with Gasteiger partial charge in [0.25, 0.3) is 0 Å². The summed E-state index contributed by atoms with van der Waals surface area (Å²) in [4.78, 5) is 4.33. The van der Waals surface area contributed by atoms with Crippen LogP contribution in [0.25, 0.3) is 0 Å². The fourth-order valence-electron chi connectivity index (χ4n) is 2.01. The molecule has 19 heavy (non-hydrogen) atoms. The van der Waals surface area contributed by atoms with E-state index in [9.17, 15) is 0 Å². The van der Waals surface area contributed by atoms with Crippen molar-refractivity contribution in [2.45, 2.75) is 6.92 Å². The summed E-state index contributed by atoms with van der Waals surface area (Å²) in [5, 5.41) is 0. The Kier molecular flexibility index (Phi) is 6.31. The summed E-state index contributed by atoms with van der Waals surface area (Å²) in [7, 11) is 0. The molecule has 0 amide bonds. The standard InChI is InChI=1S/C18H21N/c1-5-8-11-15(4)18-14-19-13-16(12-9-6-2)17(18)10-7-3/h5-14,17-18H,1-2,4H2,3H3/b10-7-,11-8-,12-9-. The molecule has 0 radical (unpaired) electrons. The number of rotatable bonds is 6. The molecule has 0 saturated heterocycles. The molecule has 1 heterocycles. The molecule has 1 nitrogen and oxygen atoms in total. The lowest BCUT2D eigenvalue weighted by molar-refractivity contribution is 0.663. The van der Waals surface area contributed by atoms with Gasteiger partial charge in [-0.2, -0.15) is 0 Å². The lowest BCUT2D eigenvalue weighted by atomic mass is 9.80. The minimum atomic E-state index is 0.182. The zero-order chi connectivity index (χ0) is 14.1. The van der Waals surface area contributed by atoms with Gasteiger partial charge in [-0.1, -0.05) is 68.3 Å². The highest BCUT2D eigenvalue weighted by atomic mass is 14.7. The first-order chi connectivity index (χ1) is 9.24. The topological polar surface area (TPSA) is 12.4 Å². The van der Waals surface area contributed by atoms with Crippen LogP contribution in [0, 0.1) is 11.8 Å². The van der Waals surface area contributed by atoms with Crippen LogP contribution in [0.1, 0.15) is 6.92 Å². The van der Waals surface area contributed by atoms with E-state index in [1.807, 2.05) is 43.6 Å². The molecule has 2 atom stereocenters. The molecule has 0 aromatic rings. The van der Waals surface area contributed by atoms with E-state index >= 15 is 0 Å². The van der Waals surface area contributed by atoms with E-state index in [1.54, 1.807) is 12.2 Å². The van der Waals surface area contributed by atoms with Gasteiger partial charge in [0.1, 0.15) is 0 Å². The Morgan fingerprint density at radius 2 is 2.00 bits per heavy atom. The largest absolute Gasteiger partial charge is 0.268 e. The van der Waals surface area contributed by atoms with Gasteiger partial charge in [-0.3, -0.25) is 4.99 Å². The molecule has 0 N–H and O–H groups in total. The van der Waals surface area contributed by atoms with Gasteiger partial charge in [0, 0.05) is 24.3 Å². The summed E-state index contributed by atoms with van der Waals surface area (Å²) < 4.78 is 0. The second-order valence-corrected chi connectivity index (χ2v) is 4.27. The van der Waals surface area contributed by atoms with Gasteiger partial charge in [-0.25, -0.2) is 0 Å². The number of aliphatic imine (C=N–C) groups is 1. The Morgan fingerprint density at radius 3 is 2.63 bits per heavy atom. The summed E-state index contributed by atoms with van der Waals surface area (Å²) in [5.74, 6) is 0.447. The van der Waals surface area contributed by atoms with E-state index in [-0.39, 0.29) is 11.8 Å². The second-order valence-electron chi connectivity index (χ2n) is 4.27. The third-order valence-electron chi connectivity index (χ3n) is 2.94. The first-order valence-corrected chi connectivity index (χ1v) is 6.37. The smallest absolute Gasteiger partial charge is 0.0302 e. The van der Waals surface area contributed by atoms with E-state index in [4.69, 9.17) is 0 Å². The summed E-state index contributed by atoms with van der Waals surface area (Å²) >= 11 is 0. The molecule has 0 aliphatic carbocycles. The Morgan fingerprint density at radius 1 is 1.26 bits per heavy atom. The van der Waals surface area contributed by atoms with Crippen LogP contribution >= 0.6 is 0 Å². The lowest BCUT2D eigenvalue weighted by Gasteiger charge is -2.25. The van der Waals surface area contributed by atoms with E-state index in [2.05, 4.69) is 36.9 Å². The molecule has 0 bridgehead atoms. The molecule has 0 aromatic heterocycles. The van der Waals surface area contributed by atoms with Gasteiger partial charge in [-0.15, -0.1) is 0 Å². The fraction of sp³-hybridized carbons (Fsp3) is 0.167. The maximum atomic E-state index is 4.33. The summed E-state index contributed by atoms with van der Waals surface area (Å²) in [5.41, 5.74) is 2.20. The van der Waals surface area contributed by atoms with Crippen molar-refractivity contribution < 1.29 is 0 Å². The number of hydrogen-bond donors (Lipinski definition) is 0. The van der Waals surface area contributed by atoms with Gasteiger partial charge in [-0.05, 0) is 18.1 Å². The van der Waals surface area contributed by atoms with Gasteiger partial charge in [0.2, 0.25) is 0 Å². The fourth-order valence-corrected chi connectivity index (χ4v) is 2.01. The highest BCUT2D eigenvalue weighted by Gasteiger charge is 2.23. The zero-order valence-corrected chi connectivity index (χ0v) is 11.5. The van der Waals surface area contributed by atoms with Gasteiger partial charge < -0.3 is 0 Å². The summed E-state index contributed by atoms with van der Waals surface area (Å²) in [6.45, 7) is 13.5. The monoisotopic (exact) mass is 251 g/mol. The molecule has 1 aliphatic heterocycles. The maximum absolute atomic E-state index is 4.33. The van der Waals surface area contributed by atoms with Crippen molar-refractivity contribution in [1.29, 1.82) is 0 Å². The third kappa shape index (κ3) is 4.22. The van der Waals surface area contributed by atoms with Crippen LogP contribution in [-0.4, -0.2) is 6.21 Å². The molecule has 1 rings (SSSR count). The van der Waals surface area contributed by atoms with E-state index in [0.717, 1.165) is 5.57 Å². The average molecular weight is 251 g/mol. The van der Waals surface area contributed by atoms with Crippen LogP contribution in [0.4, 0.5) is 0 Å². The normalized spacial score (nSPS) is 23.1. The maximum Gasteiger partial charge on any atom is 0.0302 e. The lowest BCUT2D eigenvalue weighted by Crippen LogP contribution is -2.19. The van der Waals surface area contributed by atoms with Crippen LogP contribution < -0.4 is 0 Å². The van der Waals surface area contributed by atoms with Crippen molar-refractivity contribution in [2.75, 3.05) is 0 Å². The highest BCUT2D eigenvalue weighted by Crippen LogP contribution is 2.31. The molecule has 0 fully saturated rings. The third-order valence-corrected chi connectivity index (χ3v) is 2.94. The van der Waals surface area contributed by atoms with Crippen molar-refractivity contribution in [3.63, 3.8) is 0 Å². The van der Waals surface area contributed by atoms with Crippen LogP contribution in [0.5, 0.6) is 0 Å². The number of allylic oxidation sites excluding steroid dienone is 10. The Labute approximate surface area is 116 Å². The SMILES string of the molecule is C=C/C=C\C(=C)C1C=NC=C(/C=C\C=C)C1/C=C\C. The molecule has 98 valence electrons. The first-order valence-electron chi connectivity index (χ1n) is 6.37. The van der Waals surface area contributed by atoms with Gasteiger partial charge >= 0.3 is 0 Å². The summed E-state index contributed by atoms with van der Waals surface area (Å²) in [6.07, 6.45) is 19.5. The average Bonchev–Trinajstić information content (AvgIpc) is 2.43. The minimum Gasteiger partial charge on any atom is -0.268 e. The van der Waals surface area contributed by atoms with Gasteiger partial charge in [0.15, 0.2) is 0 Å². The minimum absolute atomic E-state index is 0.182. The van der Waals surface area contributed by atoms with Crippen molar-refractivity contribution >= 4 is 6.21 Å². The van der Waals surface area contributed by atoms with Crippen molar-refractivity contribution in [1.82, 2.24) is 0 Å². The molecular formula is C18H21N. The van der Waals surface area contributed by atoms with Crippen LogP contribution in [0.3, 0.4) is 0 Å². The Hall–Kier alpha value is -2.15. The second kappa shape index (κ2) is 8.04. The van der Waals surface area contributed by atoms with Crippen LogP contribution in [0.15, 0.2) is 90.7 Å². The Balaban J connectivity index is 3.03. The van der Waals surface area contributed by atoms with Crippen LogP contribution in [0.2, 0.25) is 0 Å². The van der Waals surface area contributed by atoms with Crippen molar-refractivity contribution in [3.8, 4) is 0 Å². The zero-order valence-electron chi connectivity index (χ0n) is 11.5. The van der Waals surface area contributed by atoms with E-state index < -0.39 is 0 Å². The van der Waals surface area contributed by atoms with Crippen LogP contribution in [-0.2, 0) is 0 Å². The number of hydrogen-bond acceptors (Lipinski definition) is 1. The predicted octanol–water partition coefficient (Wildman–Crippen LogP) is 4.80. The quantitative estimate of drug-likeness (QED) is 0.475. The molecule has 0 aromatic carbocycles. The molecule has 1 heteroatoms. The Bertz CT molecular complexity index is 484. The molecule has 0 spiro atoms. The predicted molar refractivity (Wildman–Crippen MR) is 86.2 cm³/mol.